The van der Waals surface area contributed by atoms with Crippen LogP contribution in [-0.4, -0.2) is 113 Å². The maximum absolute atomic E-state index is 13.2. The summed E-state index contributed by atoms with van der Waals surface area (Å²) in [7, 11) is 0. The minimum Gasteiger partial charge on any atom is -0.394 e. The number of aliphatic hydroxyl groups is 6. The molecule has 0 radical (unpaired) electrons. The van der Waals surface area contributed by atoms with Crippen LogP contribution in [0.4, 0.5) is 0 Å². The molecular formula is C42H56N6O8. The first-order valence-corrected chi connectivity index (χ1v) is 19.2. The Hall–Kier alpha value is -4.70. The number of hydrogen-bond acceptors (Lipinski definition) is 10. The maximum Gasteiger partial charge on any atom is 0.220 e. The summed E-state index contributed by atoms with van der Waals surface area (Å²) in [4.78, 5) is 43.8. The molecule has 0 saturated heterocycles. The quantitative estimate of drug-likeness (QED) is 0.102. The van der Waals surface area contributed by atoms with E-state index >= 15 is 0 Å². The second-order valence-corrected chi connectivity index (χ2v) is 15.0. The maximum atomic E-state index is 13.2. The van der Waals surface area contributed by atoms with E-state index < -0.39 is 62.5 Å². The number of carbonyl (C=O) groups is 2. The van der Waals surface area contributed by atoms with Crippen LogP contribution in [0.5, 0.6) is 0 Å². The van der Waals surface area contributed by atoms with Gasteiger partial charge < -0.3 is 51.2 Å². The average Bonchev–Trinajstić information content (AvgIpc) is 3.86. The highest BCUT2D eigenvalue weighted by atomic mass is 16.3. The predicted molar refractivity (Wildman–Crippen MR) is 217 cm³/mol. The topological polar surface area (TPSA) is 237 Å². The Balaban J connectivity index is 1.72. The van der Waals surface area contributed by atoms with Crippen molar-refractivity contribution < 1.29 is 40.2 Å². The van der Waals surface area contributed by atoms with E-state index in [4.69, 9.17) is 9.97 Å². The number of aromatic nitrogens is 4. The van der Waals surface area contributed by atoms with Gasteiger partial charge in [-0.3, -0.25) is 9.59 Å². The molecule has 5 rings (SSSR count). The first kappa shape index (κ1) is 42.4. The van der Waals surface area contributed by atoms with E-state index in [0.29, 0.717) is 22.8 Å². The summed E-state index contributed by atoms with van der Waals surface area (Å²) in [5, 5.41) is 63.9. The summed E-state index contributed by atoms with van der Waals surface area (Å²) >= 11 is 0. The molecule has 2 aliphatic rings. The van der Waals surface area contributed by atoms with Crippen LogP contribution in [-0.2, 0) is 22.4 Å². The number of rotatable bonds is 16. The van der Waals surface area contributed by atoms with Gasteiger partial charge >= 0.3 is 0 Å². The van der Waals surface area contributed by atoms with Crippen molar-refractivity contribution in [3.05, 3.63) is 69.3 Å². The third-order valence-electron chi connectivity index (χ3n) is 11.3. The summed E-state index contributed by atoms with van der Waals surface area (Å²) in [6.07, 6.45) is 2.05. The lowest BCUT2D eigenvalue weighted by atomic mass is 9.97. The highest BCUT2D eigenvalue weighted by molar-refractivity contribution is 5.97. The number of aliphatic hydroxyl groups excluding tert-OH is 6. The van der Waals surface area contributed by atoms with Crippen molar-refractivity contribution in [2.45, 2.75) is 91.1 Å². The molecule has 2 amide bonds. The Labute approximate surface area is 326 Å². The number of nitrogens with one attached hydrogen (secondary N) is 4. The zero-order valence-corrected chi connectivity index (χ0v) is 33.2. The lowest BCUT2D eigenvalue weighted by Gasteiger charge is -2.28. The molecule has 2 aliphatic heterocycles. The van der Waals surface area contributed by atoms with Crippen LogP contribution in [0.2, 0.25) is 0 Å². The molecule has 0 spiro atoms. The fourth-order valence-corrected chi connectivity index (χ4v) is 7.49. The van der Waals surface area contributed by atoms with Gasteiger partial charge in [-0.1, -0.05) is 13.8 Å². The molecule has 14 nitrogen and oxygen atoms in total. The Morgan fingerprint density at radius 1 is 0.554 bits per heavy atom. The second kappa shape index (κ2) is 17.6. The fourth-order valence-electron chi connectivity index (χ4n) is 7.49. The van der Waals surface area contributed by atoms with Crippen molar-refractivity contribution in [1.29, 1.82) is 0 Å². The van der Waals surface area contributed by atoms with Crippen LogP contribution in [0.15, 0.2) is 24.3 Å². The van der Waals surface area contributed by atoms with Crippen LogP contribution >= 0.6 is 0 Å². The van der Waals surface area contributed by atoms with Crippen molar-refractivity contribution in [3.63, 3.8) is 0 Å². The van der Waals surface area contributed by atoms with Crippen LogP contribution in [0.3, 0.4) is 0 Å². The molecule has 0 unspecified atom stereocenters. The second-order valence-electron chi connectivity index (χ2n) is 15.0. The number of H-pyrrole nitrogens is 2. The van der Waals surface area contributed by atoms with Crippen molar-refractivity contribution in [2.24, 2.45) is 0 Å². The van der Waals surface area contributed by atoms with Crippen LogP contribution in [0.1, 0.15) is 98.4 Å². The largest absolute Gasteiger partial charge is 0.394 e. The number of aromatic amines is 2. The summed E-state index contributed by atoms with van der Waals surface area (Å²) in [6.45, 7) is 8.51. The van der Waals surface area contributed by atoms with Gasteiger partial charge in [-0.05, 0) is 122 Å². The molecular weight excluding hydrogens is 716 g/mol. The van der Waals surface area contributed by atoms with E-state index in [2.05, 4.69) is 54.4 Å². The van der Waals surface area contributed by atoms with Gasteiger partial charge in [0.1, 0.15) is 11.1 Å². The molecule has 56 heavy (non-hydrogen) atoms. The summed E-state index contributed by atoms with van der Waals surface area (Å²) in [5.41, 5.74) is 11.1. The Bertz CT molecular complexity index is 2190. The minimum atomic E-state index is -1.56. The number of nitrogens with zero attached hydrogens (tertiary/aromatic N) is 2. The van der Waals surface area contributed by atoms with Crippen molar-refractivity contribution in [1.82, 2.24) is 30.6 Å². The molecule has 0 fully saturated rings. The van der Waals surface area contributed by atoms with Gasteiger partial charge in [0.25, 0.3) is 0 Å². The van der Waals surface area contributed by atoms with Gasteiger partial charge in [-0.25, -0.2) is 9.97 Å². The van der Waals surface area contributed by atoms with E-state index in [0.717, 1.165) is 73.9 Å². The van der Waals surface area contributed by atoms with Crippen LogP contribution in [0, 0.1) is 13.8 Å². The normalized spacial score (nSPS) is 13.5. The predicted octanol–water partition coefficient (Wildman–Crippen LogP) is 3.14. The van der Waals surface area contributed by atoms with Crippen LogP contribution < -0.4 is 10.6 Å². The molecule has 0 aliphatic carbocycles. The van der Waals surface area contributed by atoms with Gasteiger partial charge in [0, 0.05) is 34.9 Å². The molecule has 3 aromatic heterocycles. The number of amides is 2. The van der Waals surface area contributed by atoms with E-state index in [-0.39, 0.29) is 25.7 Å². The Morgan fingerprint density at radius 2 is 0.911 bits per heavy atom. The minimum absolute atomic E-state index is 0.0225. The number of aryl methyl sites for hydroxylation is 4. The van der Waals surface area contributed by atoms with Gasteiger partial charge in [-0.2, -0.15) is 0 Å². The first-order chi connectivity index (χ1) is 26.7. The van der Waals surface area contributed by atoms with Gasteiger partial charge in [-0.15, -0.1) is 0 Å². The first-order valence-electron chi connectivity index (χ1n) is 19.2. The molecule has 0 saturated carbocycles. The van der Waals surface area contributed by atoms with E-state index in [1.807, 2.05) is 32.0 Å². The van der Waals surface area contributed by atoms with Crippen LogP contribution in [0.25, 0.3) is 44.4 Å². The lowest BCUT2D eigenvalue weighted by Crippen LogP contribution is -2.57. The zero-order chi connectivity index (χ0) is 40.9. The highest BCUT2D eigenvalue weighted by Gasteiger charge is 2.32. The molecule has 0 aromatic carbocycles. The summed E-state index contributed by atoms with van der Waals surface area (Å²) in [6, 6.07) is 8.04. The lowest BCUT2D eigenvalue weighted by molar-refractivity contribution is -0.126. The summed E-state index contributed by atoms with van der Waals surface area (Å²) < 4.78 is 0. The average molecular weight is 773 g/mol. The van der Waals surface area contributed by atoms with Gasteiger partial charge in [0.2, 0.25) is 11.8 Å². The van der Waals surface area contributed by atoms with Crippen molar-refractivity contribution in [3.8, 4) is 0 Å². The van der Waals surface area contributed by atoms with Gasteiger partial charge in [0.05, 0.1) is 62.4 Å². The number of hydrogen-bond donors (Lipinski definition) is 10. The number of carbonyl (C=O) groups excluding carboxylic acids is 2. The number of allylic oxidation sites excluding steroid dienone is 4. The smallest absolute Gasteiger partial charge is 0.220 e. The van der Waals surface area contributed by atoms with Crippen molar-refractivity contribution in [2.75, 3.05) is 39.6 Å². The molecule has 3 aromatic rings. The highest BCUT2D eigenvalue weighted by Crippen LogP contribution is 2.38. The molecule has 5 heterocycles. The number of fused-ring (bicyclic) bond motifs is 8. The summed E-state index contributed by atoms with van der Waals surface area (Å²) in [5.74, 6) is -0.929. The molecule has 302 valence electrons. The standard InChI is InChI=1S/C42H56N6O8/c1-7-27-23(3)31-13-32-25(5)29(9-11-39(55)47-41(17-49,18-50)19-51)37(45-32)16-38-30(10-12-40(56)48-42(20-52,21-53)22-54)26(6)34(46-38)15-36-28(8-2)24(4)33(44-36)14-35(27)43-31/h13-16,43-44,49-54H,7-12,17-22H2,1-6H3,(H,47,55)(H,48,56). The fraction of sp³-hybridized carbons (Fsp3) is 0.476. The SMILES string of the molecule is CCc1c(C)c2cc3[nH]c(cc4nc(cc5nc(cc1[nH]2)C(C)=C5CCC(=O)NC(CO)(CO)CO)C(CCC(=O)NC(CO)(CO)CO)=C4C)c(C)c3CC. The van der Waals surface area contributed by atoms with E-state index in [1.165, 1.54) is 5.56 Å². The molecule has 14 heteroatoms. The zero-order valence-electron chi connectivity index (χ0n) is 33.2. The molecule has 0 atom stereocenters. The van der Waals surface area contributed by atoms with Crippen molar-refractivity contribution >= 4 is 56.2 Å². The molecule has 8 bridgehead atoms. The monoisotopic (exact) mass is 772 g/mol. The van der Waals surface area contributed by atoms with E-state index in [9.17, 15) is 40.2 Å². The van der Waals surface area contributed by atoms with E-state index in [1.54, 1.807) is 0 Å². The van der Waals surface area contributed by atoms with Gasteiger partial charge in [0.15, 0.2) is 0 Å². The third kappa shape index (κ3) is 8.36. The molecule has 10 N–H and O–H groups in total. The Morgan fingerprint density at radius 3 is 1.29 bits per heavy atom. The third-order valence-corrected chi connectivity index (χ3v) is 11.3. The Kier molecular flexibility index (Phi) is 13.4.